The summed E-state index contributed by atoms with van der Waals surface area (Å²) in [7, 11) is 0. The molecule has 0 atom stereocenters. The molecule has 1 aliphatic carbocycles. The fourth-order valence-electron chi connectivity index (χ4n) is 2.25. The number of hydrogen-bond acceptors (Lipinski definition) is 5. The molecule has 0 saturated heterocycles. The van der Waals surface area contributed by atoms with Gasteiger partial charge >= 0.3 is 0 Å². The third-order valence-electron chi connectivity index (χ3n) is 3.49. The molecule has 1 aliphatic rings. The fraction of sp³-hybridized carbons (Fsp3) is 0.286. The molecular weight excluding hydrogens is 329 g/mol. The van der Waals surface area contributed by atoms with Gasteiger partial charge in [-0.1, -0.05) is 23.2 Å². The summed E-state index contributed by atoms with van der Waals surface area (Å²) < 4.78 is 14.4. The van der Waals surface area contributed by atoms with Crippen LogP contribution in [0, 0.1) is 0 Å². The van der Waals surface area contributed by atoms with E-state index in [1.807, 2.05) is 12.1 Å². The number of nitrogens with zero attached hydrogens (tertiary/aromatic N) is 2. The Morgan fingerprint density at radius 2 is 2.00 bits per heavy atom. The molecule has 0 bridgehead atoms. The third-order valence-corrected chi connectivity index (χ3v) is 4.61. The molecule has 3 aromatic rings. The normalized spacial score (nSPS) is 15.0. The van der Waals surface area contributed by atoms with Crippen LogP contribution in [0.5, 0.6) is 0 Å². The van der Waals surface area contributed by atoms with Crippen molar-refractivity contribution in [2.24, 2.45) is 0 Å². The largest absolute Gasteiger partial charge is 0.460 e. The number of hydrogen-bond donors (Lipinski definition) is 1. The highest BCUT2D eigenvalue weighted by atomic mass is 35.5. The van der Waals surface area contributed by atoms with Crippen molar-refractivity contribution in [3.8, 4) is 11.3 Å². The summed E-state index contributed by atoms with van der Waals surface area (Å²) in [5.74, 6) is 1.58. The van der Waals surface area contributed by atoms with E-state index < -0.39 is 0 Å². The second-order valence-corrected chi connectivity index (χ2v) is 6.44. The van der Waals surface area contributed by atoms with Gasteiger partial charge in [-0.3, -0.25) is 0 Å². The molecule has 2 heterocycles. The smallest absolute Gasteiger partial charge is 0.138 e. The monoisotopic (exact) mass is 339 g/mol. The number of nitrogens with one attached hydrogen (secondary N) is 1. The summed E-state index contributed by atoms with van der Waals surface area (Å²) in [5, 5.41) is 4.45. The van der Waals surface area contributed by atoms with Crippen molar-refractivity contribution in [1.29, 1.82) is 0 Å². The molecule has 1 saturated carbocycles. The SMILES string of the molecule is Clc1cc(Cl)c2nsnc2c1-c1ccc(CNC2CC2)o1. The Hall–Kier alpha value is -1.14. The van der Waals surface area contributed by atoms with Gasteiger partial charge in [-0.2, -0.15) is 8.75 Å². The van der Waals surface area contributed by atoms with E-state index in [4.69, 9.17) is 27.6 Å². The summed E-state index contributed by atoms with van der Waals surface area (Å²) >= 11 is 13.6. The highest BCUT2D eigenvalue weighted by Gasteiger charge is 2.21. The van der Waals surface area contributed by atoms with E-state index in [0.717, 1.165) is 29.6 Å². The highest BCUT2D eigenvalue weighted by molar-refractivity contribution is 7.00. The molecule has 108 valence electrons. The van der Waals surface area contributed by atoms with Crippen LogP contribution in [-0.2, 0) is 6.54 Å². The van der Waals surface area contributed by atoms with E-state index in [2.05, 4.69) is 14.1 Å². The molecule has 0 aliphatic heterocycles. The highest BCUT2D eigenvalue weighted by Crippen LogP contribution is 2.38. The Morgan fingerprint density at radius 1 is 1.19 bits per heavy atom. The summed E-state index contributed by atoms with van der Waals surface area (Å²) in [6.07, 6.45) is 2.50. The van der Waals surface area contributed by atoms with Gasteiger partial charge in [-0.05, 0) is 31.0 Å². The Morgan fingerprint density at radius 3 is 2.81 bits per heavy atom. The quantitative estimate of drug-likeness (QED) is 0.759. The van der Waals surface area contributed by atoms with Gasteiger partial charge in [-0.25, -0.2) is 0 Å². The van der Waals surface area contributed by atoms with Crippen molar-refractivity contribution < 1.29 is 4.42 Å². The minimum atomic E-state index is 0.509. The number of aromatic nitrogens is 2. The maximum Gasteiger partial charge on any atom is 0.138 e. The molecule has 2 aromatic heterocycles. The van der Waals surface area contributed by atoms with Gasteiger partial charge in [0.1, 0.15) is 22.6 Å². The molecule has 1 aromatic carbocycles. The standard InChI is InChI=1S/C14H11Cl2N3OS/c15-9-5-10(16)13-14(19-21-18-13)12(9)11-4-3-8(20-11)6-17-7-1-2-7/h3-5,7,17H,1-2,6H2. The Labute approximate surface area is 135 Å². The predicted octanol–water partition coefficient (Wildman–Crippen LogP) is 4.51. The van der Waals surface area contributed by atoms with Gasteiger partial charge in [0.15, 0.2) is 0 Å². The van der Waals surface area contributed by atoms with Crippen LogP contribution in [0.1, 0.15) is 18.6 Å². The van der Waals surface area contributed by atoms with Crippen molar-refractivity contribution >= 4 is 46.0 Å². The van der Waals surface area contributed by atoms with Crippen LogP contribution in [-0.4, -0.2) is 14.8 Å². The van der Waals surface area contributed by atoms with Crippen molar-refractivity contribution in [3.63, 3.8) is 0 Å². The first-order chi connectivity index (χ1) is 10.2. The molecule has 1 fully saturated rings. The minimum absolute atomic E-state index is 0.509. The van der Waals surface area contributed by atoms with Gasteiger partial charge < -0.3 is 9.73 Å². The zero-order valence-corrected chi connectivity index (χ0v) is 13.2. The summed E-state index contributed by atoms with van der Waals surface area (Å²) in [5.41, 5.74) is 2.10. The van der Waals surface area contributed by atoms with E-state index in [0.29, 0.717) is 32.9 Å². The lowest BCUT2D eigenvalue weighted by molar-refractivity contribution is 0.493. The average Bonchev–Trinajstić information content (AvgIpc) is 2.97. The number of rotatable bonds is 4. The predicted molar refractivity (Wildman–Crippen MR) is 85.0 cm³/mol. The van der Waals surface area contributed by atoms with Crippen molar-refractivity contribution in [2.75, 3.05) is 0 Å². The van der Waals surface area contributed by atoms with Gasteiger partial charge in [-0.15, -0.1) is 0 Å². The Kier molecular flexibility index (Phi) is 3.38. The maximum absolute atomic E-state index is 6.32. The van der Waals surface area contributed by atoms with E-state index in [-0.39, 0.29) is 0 Å². The summed E-state index contributed by atoms with van der Waals surface area (Å²) in [6.45, 7) is 0.730. The number of fused-ring (bicyclic) bond motifs is 1. The summed E-state index contributed by atoms with van der Waals surface area (Å²) in [6, 6.07) is 6.21. The van der Waals surface area contributed by atoms with Crippen molar-refractivity contribution in [3.05, 3.63) is 34.0 Å². The zero-order valence-electron chi connectivity index (χ0n) is 10.9. The van der Waals surface area contributed by atoms with E-state index in [9.17, 15) is 0 Å². The van der Waals surface area contributed by atoms with E-state index >= 15 is 0 Å². The Bertz CT molecular complexity index is 810. The molecule has 0 unspecified atom stereocenters. The lowest BCUT2D eigenvalue weighted by Crippen LogP contribution is -2.14. The zero-order chi connectivity index (χ0) is 14.4. The Balaban J connectivity index is 1.73. The molecule has 4 nitrogen and oxygen atoms in total. The van der Waals surface area contributed by atoms with Gasteiger partial charge in [0.05, 0.1) is 33.9 Å². The number of halogens is 2. The van der Waals surface area contributed by atoms with Crippen LogP contribution in [0.2, 0.25) is 10.0 Å². The number of furan rings is 1. The first kappa shape index (κ1) is 13.5. The van der Waals surface area contributed by atoms with Crippen LogP contribution in [0.3, 0.4) is 0 Å². The molecular formula is C14H11Cl2N3OS. The first-order valence-electron chi connectivity index (χ1n) is 6.65. The maximum atomic E-state index is 6.32. The van der Waals surface area contributed by atoms with Gasteiger partial charge in [0, 0.05) is 6.04 Å². The molecule has 0 spiro atoms. The van der Waals surface area contributed by atoms with Crippen LogP contribution in [0.25, 0.3) is 22.4 Å². The van der Waals surface area contributed by atoms with Crippen molar-refractivity contribution in [1.82, 2.24) is 14.1 Å². The molecule has 0 amide bonds. The van der Waals surface area contributed by atoms with Crippen LogP contribution in [0.4, 0.5) is 0 Å². The number of benzene rings is 1. The average molecular weight is 340 g/mol. The van der Waals surface area contributed by atoms with E-state index in [1.165, 1.54) is 12.8 Å². The van der Waals surface area contributed by atoms with Crippen molar-refractivity contribution in [2.45, 2.75) is 25.4 Å². The summed E-state index contributed by atoms with van der Waals surface area (Å²) in [4.78, 5) is 0. The van der Waals surface area contributed by atoms with Gasteiger partial charge in [0.25, 0.3) is 0 Å². The lowest BCUT2D eigenvalue weighted by Gasteiger charge is -2.03. The molecule has 1 N–H and O–H groups in total. The van der Waals surface area contributed by atoms with E-state index in [1.54, 1.807) is 6.07 Å². The van der Waals surface area contributed by atoms with Crippen LogP contribution < -0.4 is 5.32 Å². The van der Waals surface area contributed by atoms with Crippen LogP contribution in [0.15, 0.2) is 22.6 Å². The first-order valence-corrected chi connectivity index (χ1v) is 8.14. The van der Waals surface area contributed by atoms with Crippen LogP contribution >= 0.6 is 34.9 Å². The molecule has 7 heteroatoms. The second-order valence-electron chi connectivity index (χ2n) is 5.10. The lowest BCUT2D eigenvalue weighted by atomic mass is 10.1. The van der Waals surface area contributed by atoms with Gasteiger partial charge in [0.2, 0.25) is 0 Å². The molecule has 0 radical (unpaired) electrons. The third kappa shape index (κ3) is 2.55. The second kappa shape index (κ2) is 5.25. The molecule has 21 heavy (non-hydrogen) atoms. The minimum Gasteiger partial charge on any atom is -0.460 e. The topological polar surface area (TPSA) is 51.0 Å². The fourth-order valence-corrected chi connectivity index (χ4v) is 3.45. The molecule has 4 rings (SSSR count).